The fraction of sp³-hybridized carbons (Fsp3) is 0.360. The lowest BCUT2D eigenvalue weighted by molar-refractivity contribution is 0.234. The molecule has 1 heterocycles. The van der Waals surface area contributed by atoms with E-state index in [4.69, 9.17) is 4.74 Å². The SMILES string of the molecule is C=C(/C=C\C=C/COC)Cc1c(=O)[nH]c(=O)[nH]c1[C@H]1CC[C@H](c2ccccc2)CC1. The van der Waals surface area contributed by atoms with Crippen molar-refractivity contribution < 1.29 is 4.74 Å². The van der Waals surface area contributed by atoms with Gasteiger partial charge in [-0.3, -0.25) is 9.78 Å². The molecule has 0 bridgehead atoms. The van der Waals surface area contributed by atoms with Crippen molar-refractivity contribution >= 4 is 0 Å². The predicted molar refractivity (Wildman–Crippen MR) is 121 cm³/mol. The molecular formula is C25H30N2O3. The molecule has 1 aliphatic carbocycles. The topological polar surface area (TPSA) is 75.0 Å². The second-order valence-corrected chi connectivity index (χ2v) is 7.84. The van der Waals surface area contributed by atoms with Crippen molar-refractivity contribution in [1.82, 2.24) is 9.97 Å². The van der Waals surface area contributed by atoms with Crippen LogP contribution >= 0.6 is 0 Å². The average Bonchev–Trinajstić information content (AvgIpc) is 2.76. The second-order valence-electron chi connectivity index (χ2n) is 7.84. The Morgan fingerprint density at radius 1 is 1.07 bits per heavy atom. The average molecular weight is 407 g/mol. The van der Waals surface area contributed by atoms with Gasteiger partial charge in [0.15, 0.2) is 0 Å². The summed E-state index contributed by atoms with van der Waals surface area (Å²) in [6, 6.07) is 10.6. The van der Waals surface area contributed by atoms with Crippen molar-refractivity contribution in [3.63, 3.8) is 0 Å². The van der Waals surface area contributed by atoms with Crippen LogP contribution in [-0.2, 0) is 11.2 Å². The summed E-state index contributed by atoms with van der Waals surface area (Å²) in [7, 11) is 1.64. The number of methoxy groups -OCH3 is 1. The molecule has 0 aliphatic heterocycles. The van der Waals surface area contributed by atoms with Crippen LogP contribution in [0.1, 0.15) is 54.3 Å². The van der Waals surface area contributed by atoms with E-state index in [1.54, 1.807) is 7.11 Å². The Morgan fingerprint density at radius 2 is 1.77 bits per heavy atom. The zero-order valence-electron chi connectivity index (χ0n) is 17.5. The summed E-state index contributed by atoms with van der Waals surface area (Å²) in [6.07, 6.45) is 12.0. The predicted octanol–water partition coefficient (Wildman–Crippen LogP) is 4.36. The van der Waals surface area contributed by atoms with E-state index in [0.29, 0.717) is 24.5 Å². The van der Waals surface area contributed by atoms with Gasteiger partial charge in [0, 0.05) is 24.8 Å². The quantitative estimate of drug-likeness (QED) is 0.640. The number of hydrogen-bond acceptors (Lipinski definition) is 3. The van der Waals surface area contributed by atoms with Gasteiger partial charge in [-0.1, -0.05) is 66.8 Å². The lowest BCUT2D eigenvalue weighted by Gasteiger charge is -2.29. The zero-order chi connectivity index (χ0) is 21.3. The van der Waals surface area contributed by atoms with Gasteiger partial charge < -0.3 is 9.72 Å². The van der Waals surface area contributed by atoms with Crippen molar-refractivity contribution in [2.45, 2.75) is 43.9 Å². The maximum absolute atomic E-state index is 12.6. The van der Waals surface area contributed by atoms with Gasteiger partial charge in [0.2, 0.25) is 0 Å². The first-order valence-electron chi connectivity index (χ1n) is 10.5. The lowest BCUT2D eigenvalue weighted by Crippen LogP contribution is -2.30. The first-order valence-corrected chi connectivity index (χ1v) is 10.5. The van der Waals surface area contributed by atoms with E-state index in [2.05, 4.69) is 40.8 Å². The highest BCUT2D eigenvalue weighted by Crippen LogP contribution is 2.40. The van der Waals surface area contributed by atoms with Gasteiger partial charge in [-0.2, -0.15) is 0 Å². The smallest absolute Gasteiger partial charge is 0.325 e. The number of aromatic nitrogens is 2. The van der Waals surface area contributed by atoms with E-state index in [1.807, 2.05) is 30.4 Å². The molecule has 2 N–H and O–H groups in total. The maximum atomic E-state index is 12.6. The maximum Gasteiger partial charge on any atom is 0.325 e. The molecule has 1 aromatic carbocycles. The Kier molecular flexibility index (Phi) is 7.80. The molecule has 0 atom stereocenters. The van der Waals surface area contributed by atoms with Crippen LogP contribution in [0.3, 0.4) is 0 Å². The molecule has 0 saturated heterocycles. The summed E-state index contributed by atoms with van der Waals surface area (Å²) in [4.78, 5) is 29.9. The van der Waals surface area contributed by atoms with Crippen LogP contribution in [0.2, 0.25) is 0 Å². The Morgan fingerprint density at radius 3 is 2.47 bits per heavy atom. The van der Waals surface area contributed by atoms with E-state index in [0.717, 1.165) is 37.0 Å². The van der Waals surface area contributed by atoms with Crippen LogP contribution in [0.15, 0.2) is 76.4 Å². The van der Waals surface area contributed by atoms with Crippen molar-refractivity contribution in [3.05, 3.63) is 104 Å². The van der Waals surface area contributed by atoms with Crippen molar-refractivity contribution in [3.8, 4) is 0 Å². The van der Waals surface area contributed by atoms with Crippen molar-refractivity contribution in [2.24, 2.45) is 0 Å². The van der Waals surface area contributed by atoms with Crippen LogP contribution in [0.4, 0.5) is 0 Å². The molecule has 1 aliphatic rings. The second kappa shape index (κ2) is 10.7. The Balaban J connectivity index is 1.73. The van der Waals surface area contributed by atoms with Gasteiger partial charge in [0.05, 0.1) is 6.61 Å². The molecule has 5 heteroatoms. The molecule has 0 amide bonds. The summed E-state index contributed by atoms with van der Waals surface area (Å²) in [5.41, 5.74) is 2.83. The molecule has 2 aromatic rings. The number of benzene rings is 1. The highest BCUT2D eigenvalue weighted by atomic mass is 16.5. The van der Waals surface area contributed by atoms with Crippen molar-refractivity contribution in [1.29, 1.82) is 0 Å². The number of H-pyrrole nitrogens is 2. The van der Waals surface area contributed by atoms with E-state index in [1.165, 1.54) is 5.56 Å². The van der Waals surface area contributed by atoms with Gasteiger partial charge in [-0.15, -0.1) is 0 Å². The molecular weight excluding hydrogens is 376 g/mol. The van der Waals surface area contributed by atoms with Gasteiger partial charge in [0.25, 0.3) is 5.56 Å². The number of hydrogen-bond donors (Lipinski definition) is 2. The van der Waals surface area contributed by atoms with Crippen molar-refractivity contribution in [2.75, 3.05) is 13.7 Å². The molecule has 1 fully saturated rings. The lowest BCUT2D eigenvalue weighted by atomic mass is 9.76. The van der Waals surface area contributed by atoms with E-state index >= 15 is 0 Å². The van der Waals surface area contributed by atoms with Crippen LogP contribution in [0.25, 0.3) is 0 Å². The first kappa shape index (κ1) is 21.8. The molecule has 5 nitrogen and oxygen atoms in total. The third-order valence-corrected chi connectivity index (χ3v) is 5.73. The standard InChI is InChI=1S/C25H30N2O3/c1-18(9-5-4-8-16-30-2)17-22-23(26-25(29)27-24(22)28)21-14-12-20(13-15-21)19-10-6-3-7-11-19/h3-11,20-21H,1,12-17H2,2H3,(H2,26,27,28,29)/b8-4-,9-5-/t20-,21-. The van der Waals surface area contributed by atoms with Crippen LogP contribution < -0.4 is 11.2 Å². The third-order valence-electron chi connectivity index (χ3n) is 5.73. The van der Waals surface area contributed by atoms with Crippen LogP contribution in [-0.4, -0.2) is 23.7 Å². The summed E-state index contributed by atoms with van der Waals surface area (Å²) in [5, 5.41) is 0. The third kappa shape index (κ3) is 5.80. The fourth-order valence-electron chi connectivity index (χ4n) is 4.20. The van der Waals surface area contributed by atoms with Gasteiger partial charge in [-0.05, 0) is 43.1 Å². The van der Waals surface area contributed by atoms with E-state index in [9.17, 15) is 9.59 Å². The van der Waals surface area contributed by atoms with E-state index < -0.39 is 5.69 Å². The summed E-state index contributed by atoms with van der Waals surface area (Å²) < 4.78 is 4.97. The summed E-state index contributed by atoms with van der Waals surface area (Å²) in [5.74, 6) is 0.727. The minimum absolute atomic E-state index is 0.188. The molecule has 1 saturated carbocycles. The summed E-state index contributed by atoms with van der Waals surface area (Å²) in [6.45, 7) is 4.62. The normalized spacial score (nSPS) is 19.5. The number of nitrogens with one attached hydrogen (secondary N) is 2. The molecule has 3 rings (SSSR count). The molecule has 158 valence electrons. The van der Waals surface area contributed by atoms with Crippen LogP contribution in [0.5, 0.6) is 0 Å². The van der Waals surface area contributed by atoms with Gasteiger partial charge >= 0.3 is 5.69 Å². The van der Waals surface area contributed by atoms with E-state index in [-0.39, 0.29) is 11.5 Å². The Hall–Kier alpha value is -2.92. The molecule has 0 unspecified atom stereocenters. The van der Waals surface area contributed by atoms with Gasteiger partial charge in [-0.25, -0.2) is 4.79 Å². The molecule has 0 radical (unpaired) electrons. The molecule has 0 spiro atoms. The first-order chi connectivity index (χ1) is 14.6. The zero-order valence-corrected chi connectivity index (χ0v) is 17.5. The number of allylic oxidation sites excluding steroid dienone is 4. The molecule has 1 aromatic heterocycles. The Bertz CT molecular complexity index is 1010. The highest BCUT2D eigenvalue weighted by molar-refractivity contribution is 5.31. The monoisotopic (exact) mass is 406 g/mol. The minimum Gasteiger partial charge on any atom is -0.381 e. The fourth-order valence-corrected chi connectivity index (χ4v) is 4.20. The summed E-state index contributed by atoms with van der Waals surface area (Å²) >= 11 is 0. The minimum atomic E-state index is -0.437. The van der Waals surface area contributed by atoms with Crippen LogP contribution in [0, 0.1) is 0 Å². The largest absolute Gasteiger partial charge is 0.381 e. The number of ether oxygens (including phenoxy) is 1. The Labute approximate surface area is 177 Å². The molecule has 30 heavy (non-hydrogen) atoms. The number of aromatic amines is 2. The highest BCUT2D eigenvalue weighted by Gasteiger charge is 2.26. The number of rotatable bonds is 8. The van der Waals surface area contributed by atoms with Gasteiger partial charge in [0.1, 0.15) is 0 Å².